The van der Waals surface area contributed by atoms with E-state index in [1.165, 1.54) is 10.4 Å². The normalized spacial score (nSPS) is 22.2. The number of halogens is 1. The zero-order valence-corrected chi connectivity index (χ0v) is 15.8. The lowest BCUT2D eigenvalue weighted by Gasteiger charge is -2.35. The highest BCUT2D eigenvalue weighted by Gasteiger charge is 2.36. The molecule has 1 amide bonds. The number of nitrogens with one attached hydrogen (secondary N) is 1. The number of fused-ring (bicyclic) bond motifs is 1. The largest absolute Gasteiger partial charge is 0.476 e. The van der Waals surface area contributed by atoms with Gasteiger partial charge in [0.05, 0.1) is 18.5 Å². The van der Waals surface area contributed by atoms with Crippen molar-refractivity contribution in [1.29, 1.82) is 0 Å². The molecule has 1 aromatic carbocycles. The third-order valence-electron chi connectivity index (χ3n) is 4.55. The Balaban J connectivity index is 1.77. The van der Waals surface area contributed by atoms with Crippen LogP contribution in [0.15, 0.2) is 18.2 Å². The molecule has 2 heterocycles. The molecule has 1 saturated heterocycles. The summed E-state index contributed by atoms with van der Waals surface area (Å²) in [6.45, 7) is 1.78. The maximum Gasteiger partial charge on any atom is 0.263 e. The van der Waals surface area contributed by atoms with Crippen molar-refractivity contribution in [3.8, 4) is 5.75 Å². The fourth-order valence-electron chi connectivity index (χ4n) is 3.12. The van der Waals surface area contributed by atoms with Crippen molar-refractivity contribution >= 4 is 33.2 Å². The Kier molecular flexibility index (Phi) is 5.13. The summed E-state index contributed by atoms with van der Waals surface area (Å²) in [5, 5.41) is 3.39. The Bertz CT molecular complexity index is 763. The number of benzene rings is 1. The summed E-state index contributed by atoms with van der Waals surface area (Å²) >= 11 is 5.97. The molecular weight excluding hydrogens is 366 g/mol. The molecule has 1 fully saturated rings. The van der Waals surface area contributed by atoms with E-state index in [0.717, 1.165) is 32.2 Å². The minimum Gasteiger partial charge on any atom is -0.476 e. The number of piperidine rings is 1. The molecular formula is C16H22ClN3O4S. The van der Waals surface area contributed by atoms with Gasteiger partial charge in [0.1, 0.15) is 5.75 Å². The second-order valence-corrected chi connectivity index (χ2v) is 8.94. The number of carbonyl (C=O) groups excluding carboxylic acids is 1. The fourth-order valence-corrected chi connectivity index (χ4v) is 4.19. The third-order valence-corrected chi connectivity index (χ3v) is 5.93. The van der Waals surface area contributed by atoms with Gasteiger partial charge in [-0.05, 0) is 51.2 Å². The number of carbonyl (C=O) groups is 1. The van der Waals surface area contributed by atoms with Gasteiger partial charge in [-0.15, -0.1) is 0 Å². The first-order valence-corrected chi connectivity index (χ1v) is 10.4. The van der Waals surface area contributed by atoms with Crippen LogP contribution in [0.5, 0.6) is 5.75 Å². The summed E-state index contributed by atoms with van der Waals surface area (Å²) < 4.78 is 31.2. The highest BCUT2D eigenvalue weighted by molar-refractivity contribution is 7.92. The molecule has 0 saturated carbocycles. The molecule has 0 spiro atoms. The number of nitrogens with zero attached hydrogens (tertiary/aromatic N) is 2. The summed E-state index contributed by atoms with van der Waals surface area (Å²) in [4.78, 5) is 14.8. The van der Waals surface area contributed by atoms with Crippen molar-refractivity contribution in [1.82, 2.24) is 10.2 Å². The first kappa shape index (κ1) is 18.3. The number of hydrogen-bond donors (Lipinski definition) is 1. The summed E-state index contributed by atoms with van der Waals surface area (Å²) in [7, 11) is -1.50. The highest BCUT2D eigenvalue weighted by atomic mass is 35.5. The van der Waals surface area contributed by atoms with Crippen molar-refractivity contribution < 1.29 is 17.9 Å². The quantitative estimate of drug-likeness (QED) is 0.839. The van der Waals surface area contributed by atoms with E-state index in [2.05, 4.69) is 10.2 Å². The summed E-state index contributed by atoms with van der Waals surface area (Å²) in [5.41, 5.74) is 0.360. The summed E-state index contributed by atoms with van der Waals surface area (Å²) in [5.74, 6) is 0.0494. The molecule has 3 rings (SSSR count). The van der Waals surface area contributed by atoms with Crippen LogP contribution in [0.3, 0.4) is 0 Å². The third kappa shape index (κ3) is 4.19. The molecule has 138 valence electrons. The second kappa shape index (κ2) is 7.01. The number of rotatable bonds is 3. The predicted octanol–water partition coefficient (Wildman–Crippen LogP) is 1.08. The van der Waals surface area contributed by atoms with E-state index in [-0.39, 0.29) is 18.5 Å². The maximum atomic E-state index is 12.6. The van der Waals surface area contributed by atoms with E-state index in [4.69, 9.17) is 16.3 Å². The smallest absolute Gasteiger partial charge is 0.263 e. The van der Waals surface area contributed by atoms with Crippen LogP contribution < -0.4 is 14.4 Å². The van der Waals surface area contributed by atoms with Gasteiger partial charge < -0.3 is 15.0 Å². The van der Waals surface area contributed by atoms with E-state index in [9.17, 15) is 13.2 Å². The van der Waals surface area contributed by atoms with Gasteiger partial charge in [-0.2, -0.15) is 0 Å². The van der Waals surface area contributed by atoms with Crippen molar-refractivity contribution in [2.75, 3.05) is 37.2 Å². The lowest BCUT2D eigenvalue weighted by atomic mass is 10.1. The number of likely N-dealkylation sites (tertiary alicyclic amines) is 1. The molecule has 0 aromatic heterocycles. The number of amides is 1. The molecule has 9 heteroatoms. The molecule has 1 N–H and O–H groups in total. The fraction of sp³-hybridized carbons (Fsp3) is 0.562. The van der Waals surface area contributed by atoms with Gasteiger partial charge >= 0.3 is 0 Å². The van der Waals surface area contributed by atoms with Crippen LogP contribution in [0.4, 0.5) is 5.69 Å². The minimum absolute atomic E-state index is 0.0648. The maximum absolute atomic E-state index is 12.6. The first-order valence-electron chi connectivity index (χ1n) is 8.17. The SMILES string of the molecule is CN1CCC(NC(=O)C2CN(S(C)(=O)=O)c3cc(Cl)ccc3O2)CC1. The molecule has 0 aliphatic carbocycles. The molecule has 2 aliphatic heterocycles. The lowest BCUT2D eigenvalue weighted by molar-refractivity contribution is -0.128. The molecule has 1 unspecified atom stereocenters. The monoisotopic (exact) mass is 387 g/mol. The van der Waals surface area contributed by atoms with Crippen molar-refractivity contribution in [3.63, 3.8) is 0 Å². The van der Waals surface area contributed by atoms with E-state index < -0.39 is 16.1 Å². The molecule has 0 bridgehead atoms. The topological polar surface area (TPSA) is 79.0 Å². The Morgan fingerprint density at radius 3 is 2.64 bits per heavy atom. The molecule has 0 radical (unpaired) electrons. The van der Waals surface area contributed by atoms with Crippen LogP contribution in [-0.4, -0.2) is 64.3 Å². The van der Waals surface area contributed by atoms with Crippen LogP contribution in [0.2, 0.25) is 5.02 Å². The van der Waals surface area contributed by atoms with Crippen molar-refractivity contribution in [2.24, 2.45) is 0 Å². The number of ether oxygens (including phenoxy) is 1. The molecule has 1 atom stereocenters. The van der Waals surface area contributed by atoms with E-state index in [0.29, 0.717) is 16.5 Å². The van der Waals surface area contributed by atoms with Crippen LogP contribution in [0.1, 0.15) is 12.8 Å². The molecule has 7 nitrogen and oxygen atoms in total. The summed E-state index contributed by atoms with van der Waals surface area (Å²) in [6.07, 6.45) is 1.96. The number of sulfonamides is 1. The van der Waals surface area contributed by atoms with Gasteiger partial charge in [-0.1, -0.05) is 11.6 Å². The Morgan fingerprint density at radius 1 is 1.32 bits per heavy atom. The Labute approximate surface area is 152 Å². The van der Waals surface area contributed by atoms with E-state index in [1.54, 1.807) is 12.1 Å². The standard InChI is InChI=1S/C16H22ClN3O4S/c1-19-7-5-12(6-8-19)18-16(21)15-10-20(25(2,22)23)13-9-11(17)3-4-14(13)24-15/h3-4,9,12,15H,5-8,10H2,1-2H3,(H,18,21). The highest BCUT2D eigenvalue weighted by Crippen LogP contribution is 2.37. The average molecular weight is 388 g/mol. The Morgan fingerprint density at radius 2 is 2.00 bits per heavy atom. The van der Waals surface area contributed by atoms with Gasteiger partial charge in [-0.25, -0.2) is 8.42 Å². The minimum atomic E-state index is -3.55. The van der Waals surface area contributed by atoms with Gasteiger partial charge in [-0.3, -0.25) is 9.10 Å². The zero-order valence-electron chi connectivity index (χ0n) is 14.2. The predicted molar refractivity (Wildman–Crippen MR) is 96.7 cm³/mol. The average Bonchev–Trinajstić information content (AvgIpc) is 2.55. The summed E-state index contributed by atoms with van der Waals surface area (Å²) in [6, 6.07) is 4.82. The lowest BCUT2D eigenvalue weighted by Crippen LogP contribution is -2.53. The van der Waals surface area contributed by atoms with Crippen LogP contribution in [0, 0.1) is 0 Å². The van der Waals surface area contributed by atoms with Gasteiger partial charge in [0.2, 0.25) is 10.0 Å². The van der Waals surface area contributed by atoms with Crippen LogP contribution in [-0.2, 0) is 14.8 Å². The van der Waals surface area contributed by atoms with Crippen LogP contribution >= 0.6 is 11.6 Å². The van der Waals surface area contributed by atoms with E-state index >= 15 is 0 Å². The van der Waals surface area contributed by atoms with Crippen LogP contribution in [0.25, 0.3) is 0 Å². The van der Waals surface area contributed by atoms with E-state index in [1.807, 2.05) is 7.05 Å². The Hall–Kier alpha value is -1.51. The molecule has 1 aromatic rings. The molecule has 2 aliphatic rings. The van der Waals surface area contributed by atoms with Crippen molar-refractivity contribution in [2.45, 2.75) is 25.0 Å². The van der Waals surface area contributed by atoms with Crippen molar-refractivity contribution in [3.05, 3.63) is 23.2 Å². The number of anilines is 1. The van der Waals surface area contributed by atoms with Gasteiger partial charge in [0, 0.05) is 11.1 Å². The number of hydrogen-bond acceptors (Lipinski definition) is 5. The van der Waals surface area contributed by atoms with Gasteiger partial charge in [0.15, 0.2) is 6.10 Å². The molecule has 25 heavy (non-hydrogen) atoms. The first-order chi connectivity index (χ1) is 11.7. The van der Waals surface area contributed by atoms with Gasteiger partial charge in [0.25, 0.3) is 5.91 Å². The zero-order chi connectivity index (χ0) is 18.2. The second-order valence-electron chi connectivity index (χ2n) is 6.60.